The van der Waals surface area contributed by atoms with Gasteiger partial charge in [-0.3, -0.25) is 9.59 Å². The van der Waals surface area contributed by atoms with Gasteiger partial charge < -0.3 is 29.6 Å². The van der Waals surface area contributed by atoms with Gasteiger partial charge in [-0.1, -0.05) is 30.3 Å². The zero-order chi connectivity index (χ0) is 29.2. The maximum Gasteiger partial charge on any atom is 0.195 e. The molecule has 0 saturated heterocycles. The number of para-hydroxylation sites is 2. The van der Waals surface area contributed by atoms with Crippen LogP contribution in [0.25, 0.3) is 0 Å². The second-order valence-electron chi connectivity index (χ2n) is 10.9. The summed E-state index contributed by atoms with van der Waals surface area (Å²) in [6.45, 7) is 0. The van der Waals surface area contributed by atoms with Gasteiger partial charge in [-0.25, -0.2) is 0 Å². The van der Waals surface area contributed by atoms with Gasteiger partial charge in [-0.2, -0.15) is 0 Å². The maximum atomic E-state index is 14.9. The minimum Gasteiger partial charge on any atom is -0.493 e. The van der Waals surface area contributed by atoms with Crippen molar-refractivity contribution < 1.29 is 28.5 Å². The Balaban J connectivity index is 1.59. The lowest BCUT2D eigenvalue weighted by Crippen LogP contribution is -2.63. The minimum absolute atomic E-state index is 0.0803. The fourth-order valence-electron chi connectivity index (χ4n) is 7.25. The average molecular weight is 563 g/mol. The van der Waals surface area contributed by atoms with Crippen molar-refractivity contribution in [2.75, 3.05) is 39.1 Å². The lowest BCUT2D eigenvalue weighted by molar-refractivity contribution is 0.0776. The number of benzene rings is 4. The molecule has 0 bridgehead atoms. The third-order valence-electron chi connectivity index (χ3n) is 8.97. The van der Waals surface area contributed by atoms with Gasteiger partial charge in [-0.15, -0.1) is 0 Å². The number of Topliss-reactive ketones (excluding diaryl/α,β-unsaturated/α-hetero) is 2. The first-order valence-electron chi connectivity index (χ1n) is 13.7. The van der Waals surface area contributed by atoms with E-state index in [9.17, 15) is 9.59 Å². The lowest BCUT2D eigenvalue weighted by atomic mass is 9.56. The Morgan fingerprint density at radius 2 is 1.21 bits per heavy atom. The van der Waals surface area contributed by atoms with E-state index in [1.54, 1.807) is 28.4 Å². The number of hydrogen-bond acceptors (Lipinski definition) is 8. The van der Waals surface area contributed by atoms with Crippen LogP contribution >= 0.6 is 0 Å². The molecule has 0 saturated carbocycles. The molecule has 212 valence electrons. The summed E-state index contributed by atoms with van der Waals surface area (Å²) in [7, 11) is 6.30. The normalized spacial score (nSPS) is 23.1. The van der Waals surface area contributed by atoms with E-state index in [0.29, 0.717) is 46.2 Å². The number of fused-ring (bicyclic) bond motifs is 4. The Morgan fingerprint density at radius 1 is 0.643 bits per heavy atom. The minimum atomic E-state index is -1.37. The highest BCUT2D eigenvalue weighted by Crippen LogP contribution is 2.61. The van der Waals surface area contributed by atoms with Gasteiger partial charge in [0.1, 0.15) is 11.1 Å². The Kier molecular flexibility index (Phi) is 5.73. The molecule has 8 heteroatoms. The lowest BCUT2D eigenvalue weighted by Gasteiger charge is -2.51. The molecule has 3 atom stereocenters. The Bertz CT molecular complexity index is 1780. The van der Waals surface area contributed by atoms with E-state index < -0.39 is 17.0 Å². The van der Waals surface area contributed by atoms with Gasteiger partial charge in [-0.05, 0) is 65.2 Å². The number of ketones is 2. The van der Waals surface area contributed by atoms with Crippen molar-refractivity contribution in [1.29, 1.82) is 0 Å². The van der Waals surface area contributed by atoms with Gasteiger partial charge in [0, 0.05) is 34.8 Å². The summed E-state index contributed by atoms with van der Waals surface area (Å²) < 4.78 is 22.7. The fourth-order valence-corrected chi connectivity index (χ4v) is 7.25. The molecule has 2 spiro atoms. The summed E-state index contributed by atoms with van der Waals surface area (Å²) >= 11 is 0. The third kappa shape index (κ3) is 3.29. The van der Waals surface area contributed by atoms with Crippen molar-refractivity contribution in [2.45, 2.75) is 23.4 Å². The number of hydrogen-bond donors (Lipinski definition) is 2. The molecule has 7 rings (SSSR count). The monoisotopic (exact) mass is 562 g/mol. The quantitative estimate of drug-likeness (QED) is 0.324. The molecule has 0 radical (unpaired) electrons. The van der Waals surface area contributed by atoms with Crippen molar-refractivity contribution in [2.24, 2.45) is 0 Å². The van der Waals surface area contributed by atoms with E-state index >= 15 is 0 Å². The molecular weight excluding hydrogens is 532 g/mol. The van der Waals surface area contributed by atoms with Crippen LogP contribution in [0.5, 0.6) is 23.0 Å². The highest BCUT2D eigenvalue weighted by Gasteiger charge is 2.67. The first kappa shape index (κ1) is 26.0. The van der Waals surface area contributed by atoms with E-state index in [4.69, 9.17) is 18.9 Å². The molecule has 8 nitrogen and oxygen atoms in total. The number of carbonyl (C=O) groups is 2. The van der Waals surface area contributed by atoms with Crippen molar-refractivity contribution in [3.63, 3.8) is 0 Å². The van der Waals surface area contributed by atoms with Crippen LogP contribution in [-0.4, -0.2) is 45.5 Å². The predicted molar refractivity (Wildman–Crippen MR) is 159 cm³/mol. The Labute approximate surface area is 243 Å². The third-order valence-corrected chi connectivity index (χ3v) is 8.97. The molecular formula is C34H30N2O6. The van der Waals surface area contributed by atoms with Crippen LogP contribution in [0.1, 0.15) is 43.3 Å². The molecule has 0 aromatic heterocycles. The van der Waals surface area contributed by atoms with Gasteiger partial charge >= 0.3 is 0 Å². The van der Waals surface area contributed by atoms with Crippen LogP contribution in [0.2, 0.25) is 0 Å². The highest BCUT2D eigenvalue weighted by atomic mass is 16.5. The molecule has 4 aromatic carbocycles. The van der Waals surface area contributed by atoms with Crippen LogP contribution in [0.3, 0.4) is 0 Å². The van der Waals surface area contributed by atoms with Crippen LogP contribution in [0.15, 0.2) is 78.9 Å². The van der Waals surface area contributed by atoms with Crippen LogP contribution in [0, 0.1) is 0 Å². The van der Waals surface area contributed by atoms with E-state index in [0.717, 1.165) is 22.4 Å². The number of carbonyl (C=O) groups excluding carboxylic acids is 2. The maximum absolute atomic E-state index is 14.9. The smallest absolute Gasteiger partial charge is 0.195 e. The summed E-state index contributed by atoms with van der Waals surface area (Å²) in [6.07, 6.45) is 0.308. The molecule has 3 aliphatic rings. The van der Waals surface area contributed by atoms with Gasteiger partial charge in [0.15, 0.2) is 34.6 Å². The molecule has 0 amide bonds. The number of nitrogens with one attached hydrogen (secondary N) is 2. The molecule has 2 N–H and O–H groups in total. The molecule has 42 heavy (non-hydrogen) atoms. The molecule has 0 fully saturated rings. The Morgan fingerprint density at radius 3 is 1.83 bits per heavy atom. The summed E-state index contributed by atoms with van der Waals surface area (Å²) in [5, 5.41) is 7.28. The molecule has 2 heterocycles. The first-order valence-corrected chi connectivity index (χ1v) is 13.7. The van der Waals surface area contributed by atoms with Gasteiger partial charge in [0.2, 0.25) is 0 Å². The van der Waals surface area contributed by atoms with Gasteiger partial charge in [0.05, 0.1) is 28.4 Å². The van der Waals surface area contributed by atoms with Crippen molar-refractivity contribution in [1.82, 2.24) is 0 Å². The first-order chi connectivity index (χ1) is 20.4. The molecule has 2 aliphatic heterocycles. The summed E-state index contributed by atoms with van der Waals surface area (Å²) in [4.78, 5) is 29.7. The predicted octanol–water partition coefficient (Wildman–Crippen LogP) is 5.61. The largest absolute Gasteiger partial charge is 0.493 e. The van der Waals surface area contributed by atoms with Crippen LogP contribution in [-0.2, 0) is 12.0 Å². The van der Waals surface area contributed by atoms with E-state index in [1.807, 2.05) is 78.9 Å². The number of ether oxygens (including phenoxy) is 4. The number of methoxy groups -OCH3 is 4. The van der Waals surface area contributed by atoms with Crippen LogP contribution in [0.4, 0.5) is 11.4 Å². The molecule has 4 aromatic rings. The van der Waals surface area contributed by atoms with Crippen molar-refractivity contribution in [3.8, 4) is 23.0 Å². The molecule has 0 unspecified atom stereocenters. The van der Waals surface area contributed by atoms with E-state index in [-0.39, 0.29) is 11.6 Å². The zero-order valence-corrected chi connectivity index (χ0v) is 23.7. The fraction of sp³-hybridized carbons (Fsp3) is 0.235. The zero-order valence-electron chi connectivity index (χ0n) is 23.7. The SMILES string of the molecule is COc1ccc([C@H]2[C@@]3(Cc4cc(OC)c(OC)cc4[C@@]24Nc2ccccc2C4=O)Nc2ccccc2C3=O)cc1OC. The van der Waals surface area contributed by atoms with E-state index in [1.165, 1.54) is 0 Å². The number of rotatable bonds is 5. The average Bonchev–Trinajstić information content (AvgIpc) is 3.47. The number of anilines is 2. The summed E-state index contributed by atoms with van der Waals surface area (Å²) in [5.41, 5.74) is 2.28. The van der Waals surface area contributed by atoms with Crippen LogP contribution < -0.4 is 29.6 Å². The highest BCUT2D eigenvalue weighted by molar-refractivity contribution is 6.19. The standard InChI is InChI=1S/C34H30N2O6/c1-39-26-14-13-19(15-27(26)40-2)30-33(31(37)21-9-5-7-11-24(21)35-33)18-20-16-28(41-3)29(42-4)17-23(20)34(30)32(38)22-10-6-8-12-25(22)36-34/h5-17,30,35-36H,18H2,1-4H3/t30-,33+,34+/m0/s1. The summed E-state index contributed by atoms with van der Waals surface area (Å²) in [5.74, 6) is 1.16. The topological polar surface area (TPSA) is 95.1 Å². The van der Waals surface area contributed by atoms with Crippen molar-refractivity contribution in [3.05, 3.63) is 107 Å². The van der Waals surface area contributed by atoms with Gasteiger partial charge in [0.25, 0.3) is 0 Å². The molecule has 1 aliphatic carbocycles. The van der Waals surface area contributed by atoms with E-state index in [2.05, 4.69) is 10.6 Å². The summed E-state index contributed by atoms with van der Waals surface area (Å²) in [6, 6.07) is 24.3. The second kappa shape index (κ2) is 9.27. The Hall–Kier alpha value is -4.98. The van der Waals surface area contributed by atoms with Crippen molar-refractivity contribution >= 4 is 22.9 Å². The second-order valence-corrected chi connectivity index (χ2v) is 10.9.